The normalized spacial score (nSPS) is 12.0. The van der Waals surface area contributed by atoms with Gasteiger partial charge in [0.15, 0.2) is 0 Å². The first-order chi connectivity index (χ1) is 3.68. The van der Waals surface area contributed by atoms with Crippen molar-refractivity contribution in [2.45, 2.75) is 32.2 Å². The molecule has 0 saturated carbocycles. The van der Waals surface area contributed by atoms with Crippen LogP contribution in [0.5, 0.6) is 0 Å². The number of hydrogen-bond acceptors (Lipinski definition) is 1. The highest BCUT2D eigenvalue weighted by Crippen LogP contribution is 2.13. The number of rotatable bonds is 3. The zero-order valence-corrected chi connectivity index (χ0v) is 7.16. The molecular weight excluding hydrogens is 166 g/mol. The van der Waals surface area contributed by atoms with Crippen LogP contribution in [-0.2, 0) is 0 Å². The molecule has 2 N–H and O–H groups in total. The van der Waals surface area contributed by atoms with E-state index in [4.69, 9.17) is 5.73 Å². The predicted octanol–water partition coefficient (Wildman–Crippen LogP) is 1.90. The highest BCUT2D eigenvalue weighted by atomic mass is 79.9. The van der Waals surface area contributed by atoms with Gasteiger partial charge in [-0.25, -0.2) is 0 Å². The molecule has 0 rings (SSSR count). The minimum atomic E-state index is 0.0417. The van der Waals surface area contributed by atoms with Gasteiger partial charge in [-0.1, -0.05) is 29.8 Å². The van der Waals surface area contributed by atoms with Crippen LogP contribution in [0.15, 0.2) is 0 Å². The third-order valence-electron chi connectivity index (χ3n) is 1.67. The highest BCUT2D eigenvalue weighted by Gasteiger charge is 2.16. The molecule has 0 radical (unpaired) electrons. The van der Waals surface area contributed by atoms with Crippen LogP contribution in [0.4, 0.5) is 0 Å². The molecule has 1 nitrogen and oxygen atoms in total. The van der Waals surface area contributed by atoms with Crippen molar-refractivity contribution in [1.29, 1.82) is 0 Å². The van der Waals surface area contributed by atoms with E-state index in [0.29, 0.717) is 0 Å². The minimum absolute atomic E-state index is 0.0417. The first-order valence-electron chi connectivity index (χ1n) is 3.03. The fourth-order valence-corrected chi connectivity index (χ4v) is 1.23. The van der Waals surface area contributed by atoms with E-state index in [-0.39, 0.29) is 5.54 Å². The lowest BCUT2D eigenvalue weighted by Gasteiger charge is -2.22. The fraction of sp³-hybridized carbons (Fsp3) is 1.00. The summed E-state index contributed by atoms with van der Waals surface area (Å²) in [4.78, 5) is 0. The van der Waals surface area contributed by atoms with Gasteiger partial charge < -0.3 is 5.73 Å². The molecule has 0 saturated heterocycles. The van der Waals surface area contributed by atoms with E-state index in [0.717, 1.165) is 18.2 Å². The molecule has 0 aromatic heterocycles. The van der Waals surface area contributed by atoms with Gasteiger partial charge in [0.2, 0.25) is 0 Å². The first-order valence-corrected chi connectivity index (χ1v) is 4.15. The van der Waals surface area contributed by atoms with Gasteiger partial charge in [-0.3, -0.25) is 0 Å². The molecule has 0 amide bonds. The lowest BCUT2D eigenvalue weighted by molar-refractivity contribution is 0.449. The van der Waals surface area contributed by atoms with Crippen molar-refractivity contribution in [2.75, 3.05) is 5.33 Å². The molecule has 0 unspecified atom stereocenters. The monoisotopic (exact) mass is 179 g/mol. The maximum absolute atomic E-state index is 5.85. The summed E-state index contributed by atoms with van der Waals surface area (Å²) in [5.41, 5.74) is 5.89. The molecule has 0 aromatic rings. The van der Waals surface area contributed by atoms with Crippen LogP contribution < -0.4 is 5.73 Å². The molecular formula is C6H14BrN. The second kappa shape index (κ2) is 3.46. The van der Waals surface area contributed by atoms with E-state index in [1.807, 2.05) is 0 Å². The lowest BCUT2D eigenvalue weighted by atomic mass is 9.98. The van der Waals surface area contributed by atoms with Crippen molar-refractivity contribution in [3.8, 4) is 0 Å². The van der Waals surface area contributed by atoms with Gasteiger partial charge in [-0.15, -0.1) is 0 Å². The van der Waals surface area contributed by atoms with E-state index < -0.39 is 0 Å². The van der Waals surface area contributed by atoms with Crippen molar-refractivity contribution in [1.82, 2.24) is 0 Å². The first kappa shape index (κ1) is 8.44. The van der Waals surface area contributed by atoms with Crippen LogP contribution in [0, 0.1) is 0 Å². The molecule has 8 heavy (non-hydrogen) atoms. The maximum Gasteiger partial charge on any atom is 0.0247 e. The molecule has 0 heterocycles. The van der Waals surface area contributed by atoms with Gasteiger partial charge in [0.25, 0.3) is 0 Å². The lowest BCUT2D eigenvalue weighted by Crippen LogP contribution is -2.39. The quantitative estimate of drug-likeness (QED) is 0.659. The van der Waals surface area contributed by atoms with Crippen molar-refractivity contribution >= 4 is 15.9 Å². The van der Waals surface area contributed by atoms with Gasteiger partial charge >= 0.3 is 0 Å². The Balaban J connectivity index is 3.58. The number of halogens is 1. The summed E-state index contributed by atoms with van der Waals surface area (Å²) in [7, 11) is 0. The molecule has 2 heteroatoms. The Morgan fingerprint density at radius 1 is 1.38 bits per heavy atom. The van der Waals surface area contributed by atoms with E-state index in [9.17, 15) is 0 Å². The van der Waals surface area contributed by atoms with Crippen molar-refractivity contribution < 1.29 is 0 Å². The second-order valence-electron chi connectivity index (χ2n) is 2.20. The maximum atomic E-state index is 5.85. The summed E-state index contributed by atoms with van der Waals surface area (Å²) in [5.74, 6) is 0. The van der Waals surface area contributed by atoms with Crippen LogP contribution in [0.1, 0.15) is 26.7 Å². The summed E-state index contributed by atoms with van der Waals surface area (Å²) in [5, 5.41) is 0.910. The summed E-state index contributed by atoms with van der Waals surface area (Å²) in [6.45, 7) is 4.23. The van der Waals surface area contributed by atoms with Crippen molar-refractivity contribution in [3.63, 3.8) is 0 Å². The molecule has 0 aliphatic heterocycles. The summed E-state index contributed by atoms with van der Waals surface area (Å²) < 4.78 is 0. The molecule has 0 atom stereocenters. The summed E-state index contributed by atoms with van der Waals surface area (Å²) >= 11 is 3.37. The zero-order valence-electron chi connectivity index (χ0n) is 5.58. The number of alkyl halides is 1. The van der Waals surface area contributed by atoms with E-state index in [1.54, 1.807) is 0 Å². The van der Waals surface area contributed by atoms with Gasteiger partial charge in [-0.2, -0.15) is 0 Å². The third kappa shape index (κ3) is 2.14. The van der Waals surface area contributed by atoms with Gasteiger partial charge in [0, 0.05) is 10.9 Å². The molecule has 50 valence electrons. The van der Waals surface area contributed by atoms with E-state index in [1.165, 1.54) is 0 Å². The van der Waals surface area contributed by atoms with E-state index >= 15 is 0 Å². The Kier molecular flexibility index (Phi) is 3.65. The SMILES string of the molecule is CCC(N)(CC)CBr. The number of hydrogen-bond donors (Lipinski definition) is 1. The van der Waals surface area contributed by atoms with Crippen LogP contribution in [0.25, 0.3) is 0 Å². The molecule has 0 bridgehead atoms. The molecule has 0 aliphatic carbocycles. The molecule has 0 fully saturated rings. The Morgan fingerprint density at radius 3 is 1.75 bits per heavy atom. The average Bonchev–Trinajstić information content (AvgIpc) is 1.87. The highest BCUT2D eigenvalue weighted by molar-refractivity contribution is 9.09. The average molecular weight is 180 g/mol. The van der Waals surface area contributed by atoms with Gasteiger partial charge in [0.1, 0.15) is 0 Å². The zero-order chi connectivity index (χ0) is 6.62. The largest absolute Gasteiger partial charge is 0.324 e. The minimum Gasteiger partial charge on any atom is -0.324 e. The van der Waals surface area contributed by atoms with Gasteiger partial charge in [0.05, 0.1) is 0 Å². The fourth-order valence-electron chi connectivity index (χ4n) is 0.439. The standard InChI is InChI=1S/C6H14BrN/c1-3-6(8,4-2)5-7/h3-5,8H2,1-2H3. The summed E-state index contributed by atoms with van der Waals surface area (Å²) in [6.07, 6.45) is 2.10. The van der Waals surface area contributed by atoms with Crippen molar-refractivity contribution in [2.24, 2.45) is 5.73 Å². The van der Waals surface area contributed by atoms with Crippen LogP contribution in [-0.4, -0.2) is 10.9 Å². The Morgan fingerprint density at radius 2 is 1.75 bits per heavy atom. The van der Waals surface area contributed by atoms with E-state index in [2.05, 4.69) is 29.8 Å². The van der Waals surface area contributed by atoms with Crippen LogP contribution in [0.2, 0.25) is 0 Å². The van der Waals surface area contributed by atoms with Crippen LogP contribution in [0.3, 0.4) is 0 Å². The number of nitrogens with two attached hydrogens (primary N) is 1. The van der Waals surface area contributed by atoms with Crippen molar-refractivity contribution in [3.05, 3.63) is 0 Å². The third-order valence-corrected chi connectivity index (χ3v) is 2.79. The van der Waals surface area contributed by atoms with Crippen LogP contribution >= 0.6 is 15.9 Å². The molecule has 0 aliphatic rings. The smallest absolute Gasteiger partial charge is 0.0247 e. The predicted molar refractivity (Wildman–Crippen MR) is 41.3 cm³/mol. The van der Waals surface area contributed by atoms with Gasteiger partial charge in [-0.05, 0) is 12.8 Å². The molecule has 0 spiro atoms. The summed E-state index contributed by atoms with van der Waals surface area (Å²) in [6, 6.07) is 0. The second-order valence-corrected chi connectivity index (χ2v) is 2.76. The topological polar surface area (TPSA) is 26.0 Å². The Labute approximate surface area is 59.8 Å². The molecule has 0 aromatic carbocycles. The Hall–Kier alpha value is 0.440. The Bertz CT molecular complexity index is 51.3.